The van der Waals surface area contributed by atoms with E-state index in [0.717, 1.165) is 27.1 Å². The van der Waals surface area contributed by atoms with Crippen LogP contribution in [0.15, 0.2) is 77.9 Å². The maximum atomic E-state index is 12.8. The van der Waals surface area contributed by atoms with Crippen LogP contribution in [0.25, 0.3) is 43.5 Å². The molecular formula is C29H25N5O4. The van der Waals surface area contributed by atoms with Gasteiger partial charge in [0.25, 0.3) is 5.56 Å². The Labute approximate surface area is 216 Å². The number of benzene rings is 4. The lowest BCUT2D eigenvalue weighted by atomic mass is 9.93. The highest BCUT2D eigenvalue weighted by Gasteiger charge is 2.35. The van der Waals surface area contributed by atoms with Gasteiger partial charge in [-0.1, -0.05) is 60.7 Å². The summed E-state index contributed by atoms with van der Waals surface area (Å²) >= 11 is 0. The summed E-state index contributed by atoms with van der Waals surface area (Å²) in [5.41, 5.74) is 1.24. The smallest absolute Gasteiger partial charge is 0.280 e. The Morgan fingerprint density at radius 3 is 2.63 bits per heavy atom. The summed E-state index contributed by atoms with van der Waals surface area (Å²) in [6.07, 6.45) is -0.322. The molecule has 9 nitrogen and oxygen atoms in total. The zero-order valence-corrected chi connectivity index (χ0v) is 20.3. The maximum Gasteiger partial charge on any atom is 0.280 e. The van der Waals surface area contributed by atoms with Gasteiger partial charge in [-0.25, -0.2) is 4.98 Å². The van der Waals surface area contributed by atoms with E-state index in [0.29, 0.717) is 18.1 Å². The Morgan fingerprint density at radius 1 is 1.03 bits per heavy atom. The van der Waals surface area contributed by atoms with Gasteiger partial charge in [-0.05, 0) is 43.9 Å². The first-order valence-corrected chi connectivity index (χ1v) is 12.6. The molecule has 3 heterocycles. The minimum absolute atomic E-state index is 0.184. The van der Waals surface area contributed by atoms with Crippen LogP contribution in [0.2, 0.25) is 0 Å². The summed E-state index contributed by atoms with van der Waals surface area (Å²) in [5, 5.41) is 29.9. The first-order valence-electron chi connectivity index (χ1n) is 12.6. The molecule has 0 bridgehead atoms. The fourth-order valence-corrected chi connectivity index (χ4v) is 5.56. The molecule has 3 unspecified atom stereocenters. The van der Waals surface area contributed by atoms with Gasteiger partial charge in [-0.15, -0.1) is 0 Å². The van der Waals surface area contributed by atoms with Crippen molar-refractivity contribution in [2.75, 3.05) is 11.9 Å². The van der Waals surface area contributed by atoms with Gasteiger partial charge in [0, 0.05) is 13.0 Å². The van der Waals surface area contributed by atoms with E-state index in [1.54, 1.807) is 4.57 Å². The van der Waals surface area contributed by atoms with Gasteiger partial charge >= 0.3 is 0 Å². The Kier molecular flexibility index (Phi) is 5.36. The maximum absolute atomic E-state index is 12.8. The van der Waals surface area contributed by atoms with Crippen LogP contribution in [0.1, 0.15) is 18.2 Å². The number of fused-ring (bicyclic) bond motifs is 6. The van der Waals surface area contributed by atoms with Crippen LogP contribution >= 0.6 is 0 Å². The van der Waals surface area contributed by atoms with Crippen LogP contribution in [-0.4, -0.2) is 48.5 Å². The second-order valence-electron chi connectivity index (χ2n) is 9.67. The summed E-state index contributed by atoms with van der Waals surface area (Å²) in [6, 6.07) is 23.2. The zero-order chi connectivity index (χ0) is 25.8. The average molecular weight is 508 g/mol. The SMILES string of the molecule is O=c1[nH]c(NCc2cc3ccccc3c3ccc4ccccc4c23)nc2c1ncn2C1CC(O)C(CO)O1. The molecule has 0 radical (unpaired) electrons. The number of nitrogens with zero attached hydrogens (tertiary/aromatic N) is 3. The lowest BCUT2D eigenvalue weighted by Crippen LogP contribution is -2.24. The number of rotatable bonds is 5. The van der Waals surface area contributed by atoms with Crippen molar-refractivity contribution in [3.63, 3.8) is 0 Å². The van der Waals surface area contributed by atoms with Gasteiger partial charge in [-0.2, -0.15) is 4.98 Å². The Hall–Kier alpha value is -4.31. The number of aliphatic hydroxyl groups is 2. The Bertz CT molecular complexity index is 1900. The van der Waals surface area contributed by atoms with E-state index in [4.69, 9.17) is 4.74 Å². The topological polar surface area (TPSA) is 125 Å². The fraction of sp³-hybridized carbons (Fsp3) is 0.207. The molecule has 0 spiro atoms. The number of imidazole rings is 1. The van der Waals surface area contributed by atoms with E-state index in [-0.39, 0.29) is 24.1 Å². The average Bonchev–Trinajstić information content (AvgIpc) is 3.54. The van der Waals surface area contributed by atoms with Crippen LogP contribution in [0.3, 0.4) is 0 Å². The van der Waals surface area contributed by atoms with Crippen molar-refractivity contribution < 1.29 is 14.9 Å². The predicted molar refractivity (Wildman–Crippen MR) is 146 cm³/mol. The Balaban J connectivity index is 1.30. The molecule has 0 aliphatic carbocycles. The molecule has 1 fully saturated rings. The van der Waals surface area contributed by atoms with Crippen LogP contribution in [-0.2, 0) is 11.3 Å². The number of anilines is 1. The van der Waals surface area contributed by atoms with Crippen LogP contribution < -0.4 is 10.9 Å². The number of hydrogen-bond donors (Lipinski definition) is 4. The summed E-state index contributed by atoms with van der Waals surface area (Å²) in [5.74, 6) is 0.308. The minimum Gasteiger partial charge on any atom is -0.394 e. The van der Waals surface area contributed by atoms with Crippen molar-refractivity contribution in [3.8, 4) is 0 Å². The molecule has 190 valence electrons. The van der Waals surface area contributed by atoms with Gasteiger partial charge in [0.2, 0.25) is 5.95 Å². The number of hydrogen-bond acceptors (Lipinski definition) is 7. The van der Waals surface area contributed by atoms with E-state index in [2.05, 4.69) is 68.8 Å². The molecule has 0 saturated carbocycles. The van der Waals surface area contributed by atoms with Gasteiger partial charge in [0.05, 0.1) is 19.0 Å². The highest BCUT2D eigenvalue weighted by molar-refractivity contribution is 6.18. The summed E-state index contributed by atoms with van der Waals surface area (Å²) in [6.45, 7) is 0.142. The standard InChI is InChI=1S/C29H25N5O4/c35-14-23-22(36)12-24(38-23)34-15-31-26-27(34)32-29(33-28(26)37)30-13-18-11-17-6-2-3-7-19(17)21-10-9-16-5-1-4-8-20(16)25(18)21/h1-11,15,22-24,35-36H,12-14H2,(H2,30,32,33,37). The molecular weight excluding hydrogens is 482 g/mol. The van der Waals surface area contributed by atoms with E-state index >= 15 is 0 Å². The highest BCUT2D eigenvalue weighted by Crippen LogP contribution is 2.35. The molecule has 0 amide bonds. The van der Waals surface area contributed by atoms with Gasteiger partial charge in [0.15, 0.2) is 11.2 Å². The van der Waals surface area contributed by atoms with Crippen molar-refractivity contribution >= 4 is 49.4 Å². The van der Waals surface area contributed by atoms with E-state index < -0.39 is 18.4 Å². The second-order valence-corrected chi connectivity index (χ2v) is 9.67. The van der Waals surface area contributed by atoms with Gasteiger partial charge in [0.1, 0.15) is 12.3 Å². The molecule has 4 N–H and O–H groups in total. The lowest BCUT2D eigenvalue weighted by Gasteiger charge is -2.15. The van der Waals surface area contributed by atoms with Crippen LogP contribution in [0, 0.1) is 0 Å². The first-order chi connectivity index (χ1) is 18.6. The number of H-pyrrole nitrogens is 1. The van der Waals surface area contributed by atoms with Crippen LogP contribution in [0.5, 0.6) is 0 Å². The largest absolute Gasteiger partial charge is 0.394 e. The quantitative estimate of drug-likeness (QED) is 0.261. The van der Waals surface area contributed by atoms with Gasteiger partial charge < -0.3 is 20.3 Å². The third kappa shape index (κ3) is 3.63. The van der Waals surface area contributed by atoms with Crippen LogP contribution in [0.4, 0.5) is 5.95 Å². The molecule has 4 aromatic carbocycles. The van der Waals surface area contributed by atoms with E-state index in [9.17, 15) is 15.0 Å². The molecule has 1 aliphatic heterocycles. The number of nitrogens with one attached hydrogen (secondary N) is 2. The summed E-state index contributed by atoms with van der Waals surface area (Å²) in [7, 11) is 0. The second kappa shape index (κ2) is 8.91. The predicted octanol–water partition coefficient (Wildman–Crippen LogP) is 3.83. The van der Waals surface area contributed by atoms with Crippen molar-refractivity contribution in [1.82, 2.24) is 19.5 Å². The molecule has 6 aromatic rings. The Morgan fingerprint density at radius 2 is 1.82 bits per heavy atom. The van der Waals surface area contributed by atoms with Gasteiger partial charge in [-0.3, -0.25) is 14.3 Å². The number of aromatic nitrogens is 4. The summed E-state index contributed by atoms with van der Waals surface area (Å²) < 4.78 is 7.40. The van der Waals surface area contributed by atoms with Crippen molar-refractivity contribution in [2.24, 2.45) is 0 Å². The highest BCUT2D eigenvalue weighted by atomic mass is 16.5. The molecule has 1 saturated heterocycles. The molecule has 2 aromatic heterocycles. The van der Waals surface area contributed by atoms with Crippen molar-refractivity contribution in [1.29, 1.82) is 0 Å². The molecule has 9 heteroatoms. The lowest BCUT2D eigenvalue weighted by molar-refractivity contribution is -0.0432. The zero-order valence-electron chi connectivity index (χ0n) is 20.3. The number of ether oxygens (including phenoxy) is 1. The third-order valence-corrected chi connectivity index (χ3v) is 7.40. The van der Waals surface area contributed by atoms with Crippen molar-refractivity contribution in [2.45, 2.75) is 31.4 Å². The van der Waals surface area contributed by atoms with Crippen molar-refractivity contribution in [3.05, 3.63) is 89.0 Å². The van der Waals surface area contributed by atoms with E-state index in [1.165, 1.54) is 17.1 Å². The number of aliphatic hydroxyl groups excluding tert-OH is 2. The van der Waals surface area contributed by atoms with E-state index in [1.807, 2.05) is 18.2 Å². The molecule has 7 rings (SSSR count). The summed E-state index contributed by atoms with van der Waals surface area (Å²) in [4.78, 5) is 24.5. The first kappa shape index (κ1) is 22.9. The molecule has 38 heavy (non-hydrogen) atoms. The monoisotopic (exact) mass is 507 g/mol. The number of aromatic amines is 1. The third-order valence-electron chi connectivity index (χ3n) is 7.40. The minimum atomic E-state index is -0.807. The molecule has 3 atom stereocenters. The fourth-order valence-electron chi connectivity index (χ4n) is 5.56. The normalized spacial score (nSPS) is 19.7. The molecule has 1 aliphatic rings.